The summed E-state index contributed by atoms with van der Waals surface area (Å²) in [6, 6.07) is 1.53. The molecule has 1 aliphatic carbocycles. The van der Waals surface area contributed by atoms with Crippen LogP contribution in [0.5, 0.6) is 0 Å². The summed E-state index contributed by atoms with van der Waals surface area (Å²) < 4.78 is 5.02. The van der Waals surface area contributed by atoms with Crippen LogP contribution >= 0.6 is 0 Å². The summed E-state index contributed by atoms with van der Waals surface area (Å²) >= 11 is 0. The molecule has 0 aromatic carbocycles. The Morgan fingerprint density at radius 1 is 1.33 bits per heavy atom. The third kappa shape index (κ3) is 3.16. The molecular weight excluding hydrogens is 188 g/mol. The fraction of sp³-hybridized carbons (Fsp3) is 1.00. The second-order valence-corrected chi connectivity index (χ2v) is 4.95. The Balaban J connectivity index is 1.63. The summed E-state index contributed by atoms with van der Waals surface area (Å²) in [4.78, 5) is 0. The molecule has 3 atom stereocenters. The van der Waals surface area contributed by atoms with E-state index in [0.717, 1.165) is 31.7 Å². The topological polar surface area (TPSA) is 33.3 Å². The minimum atomic E-state index is 0.704. The van der Waals surface area contributed by atoms with Crippen LogP contribution in [0, 0.1) is 5.92 Å². The van der Waals surface area contributed by atoms with Gasteiger partial charge in [-0.25, -0.2) is 0 Å². The van der Waals surface area contributed by atoms with Gasteiger partial charge in [-0.15, -0.1) is 0 Å². The van der Waals surface area contributed by atoms with Crippen molar-refractivity contribution in [2.24, 2.45) is 5.92 Å². The first-order valence-corrected chi connectivity index (χ1v) is 6.36. The van der Waals surface area contributed by atoms with Gasteiger partial charge >= 0.3 is 0 Å². The monoisotopic (exact) mass is 212 g/mol. The Labute approximate surface area is 93.0 Å². The lowest BCUT2D eigenvalue weighted by Crippen LogP contribution is -2.39. The highest BCUT2D eigenvalue weighted by Crippen LogP contribution is 2.32. The van der Waals surface area contributed by atoms with Gasteiger partial charge in [0, 0.05) is 32.3 Å². The van der Waals surface area contributed by atoms with Crippen LogP contribution in [-0.2, 0) is 4.74 Å². The first kappa shape index (κ1) is 11.4. The van der Waals surface area contributed by atoms with Crippen LogP contribution in [0.3, 0.4) is 0 Å². The Kier molecular flexibility index (Phi) is 4.42. The first-order valence-electron chi connectivity index (χ1n) is 6.36. The van der Waals surface area contributed by atoms with Crippen LogP contribution in [0.4, 0.5) is 0 Å². The normalized spacial score (nSPS) is 35.4. The number of nitrogens with one attached hydrogen (secondary N) is 2. The molecule has 0 radical (unpaired) electrons. The van der Waals surface area contributed by atoms with Crippen LogP contribution in [0.25, 0.3) is 0 Å². The standard InChI is InChI=1S/C12H24N2O/c1-15-7-6-13-9-11-8-10-4-2-3-5-12(10)14-11/h10-14H,2-9H2,1H3. The van der Waals surface area contributed by atoms with E-state index >= 15 is 0 Å². The van der Waals surface area contributed by atoms with Gasteiger partial charge in [0.15, 0.2) is 0 Å². The van der Waals surface area contributed by atoms with Gasteiger partial charge in [0.1, 0.15) is 0 Å². The van der Waals surface area contributed by atoms with E-state index in [2.05, 4.69) is 10.6 Å². The lowest BCUT2D eigenvalue weighted by Gasteiger charge is -2.24. The largest absolute Gasteiger partial charge is 0.383 e. The van der Waals surface area contributed by atoms with E-state index in [1.165, 1.54) is 32.1 Å². The maximum Gasteiger partial charge on any atom is 0.0587 e. The smallest absolute Gasteiger partial charge is 0.0587 e. The van der Waals surface area contributed by atoms with Crippen molar-refractivity contribution in [3.05, 3.63) is 0 Å². The predicted octanol–water partition coefficient (Wildman–Crippen LogP) is 1.14. The Morgan fingerprint density at radius 3 is 3.00 bits per heavy atom. The van der Waals surface area contributed by atoms with Crippen LogP contribution in [0.1, 0.15) is 32.1 Å². The number of ether oxygens (including phenoxy) is 1. The zero-order chi connectivity index (χ0) is 10.5. The number of fused-ring (bicyclic) bond motifs is 1. The predicted molar refractivity (Wildman–Crippen MR) is 62.0 cm³/mol. The van der Waals surface area contributed by atoms with E-state index in [1.807, 2.05) is 0 Å². The van der Waals surface area contributed by atoms with E-state index in [-0.39, 0.29) is 0 Å². The highest BCUT2D eigenvalue weighted by molar-refractivity contribution is 4.93. The molecule has 3 nitrogen and oxygen atoms in total. The van der Waals surface area contributed by atoms with E-state index in [4.69, 9.17) is 4.74 Å². The van der Waals surface area contributed by atoms with Gasteiger partial charge in [0.25, 0.3) is 0 Å². The molecule has 2 N–H and O–H groups in total. The maximum atomic E-state index is 5.02. The second-order valence-electron chi connectivity index (χ2n) is 4.95. The summed E-state index contributed by atoms with van der Waals surface area (Å²) in [5, 5.41) is 7.22. The Bertz CT molecular complexity index is 172. The van der Waals surface area contributed by atoms with Gasteiger partial charge in [-0.2, -0.15) is 0 Å². The van der Waals surface area contributed by atoms with Gasteiger partial charge in [-0.05, 0) is 25.2 Å². The molecule has 15 heavy (non-hydrogen) atoms. The molecule has 1 saturated carbocycles. The van der Waals surface area contributed by atoms with Gasteiger partial charge < -0.3 is 15.4 Å². The SMILES string of the molecule is COCCNCC1CC2CCCCC2N1. The molecule has 2 aliphatic rings. The van der Waals surface area contributed by atoms with Gasteiger partial charge in [-0.1, -0.05) is 12.8 Å². The van der Waals surface area contributed by atoms with E-state index in [0.29, 0.717) is 6.04 Å². The minimum absolute atomic E-state index is 0.704. The summed E-state index contributed by atoms with van der Waals surface area (Å²) in [5.41, 5.74) is 0. The molecule has 0 spiro atoms. The molecule has 1 heterocycles. The van der Waals surface area contributed by atoms with Crippen molar-refractivity contribution in [1.29, 1.82) is 0 Å². The van der Waals surface area contributed by atoms with Crippen LogP contribution < -0.4 is 10.6 Å². The van der Waals surface area contributed by atoms with Crippen molar-refractivity contribution >= 4 is 0 Å². The molecule has 3 unspecified atom stereocenters. The zero-order valence-corrected chi connectivity index (χ0v) is 9.80. The molecule has 1 saturated heterocycles. The first-order chi connectivity index (χ1) is 7.40. The lowest BCUT2D eigenvalue weighted by molar-refractivity contribution is 0.198. The van der Waals surface area contributed by atoms with Gasteiger partial charge in [0.2, 0.25) is 0 Å². The Hall–Kier alpha value is -0.120. The number of hydrogen-bond donors (Lipinski definition) is 2. The highest BCUT2D eigenvalue weighted by atomic mass is 16.5. The van der Waals surface area contributed by atoms with Crippen LogP contribution in [0.2, 0.25) is 0 Å². The Morgan fingerprint density at radius 2 is 2.20 bits per heavy atom. The fourth-order valence-corrected chi connectivity index (χ4v) is 3.04. The van der Waals surface area contributed by atoms with Crippen molar-refractivity contribution in [3.8, 4) is 0 Å². The molecule has 3 heteroatoms. The van der Waals surface area contributed by atoms with Crippen LogP contribution in [-0.4, -0.2) is 38.9 Å². The van der Waals surface area contributed by atoms with Crippen LogP contribution in [0.15, 0.2) is 0 Å². The average molecular weight is 212 g/mol. The summed E-state index contributed by atoms with van der Waals surface area (Å²) in [6.07, 6.45) is 7.11. The molecule has 0 bridgehead atoms. The van der Waals surface area contributed by atoms with Crippen molar-refractivity contribution in [2.75, 3.05) is 26.8 Å². The molecule has 0 aromatic heterocycles. The second kappa shape index (κ2) is 5.83. The number of methoxy groups -OCH3 is 1. The highest BCUT2D eigenvalue weighted by Gasteiger charge is 2.34. The molecule has 88 valence electrons. The summed E-state index contributed by atoms with van der Waals surface area (Å²) in [7, 11) is 1.75. The molecular formula is C12H24N2O. The van der Waals surface area contributed by atoms with Crippen molar-refractivity contribution in [3.63, 3.8) is 0 Å². The number of hydrogen-bond acceptors (Lipinski definition) is 3. The van der Waals surface area contributed by atoms with Gasteiger partial charge in [-0.3, -0.25) is 0 Å². The fourth-order valence-electron chi connectivity index (χ4n) is 3.04. The lowest BCUT2D eigenvalue weighted by atomic mass is 9.85. The molecule has 2 rings (SSSR count). The van der Waals surface area contributed by atoms with E-state index in [1.54, 1.807) is 7.11 Å². The quantitative estimate of drug-likeness (QED) is 0.671. The van der Waals surface area contributed by atoms with Gasteiger partial charge in [0.05, 0.1) is 6.61 Å². The number of rotatable bonds is 5. The van der Waals surface area contributed by atoms with Crippen molar-refractivity contribution in [1.82, 2.24) is 10.6 Å². The molecule has 1 aliphatic heterocycles. The van der Waals surface area contributed by atoms with Crippen molar-refractivity contribution in [2.45, 2.75) is 44.2 Å². The summed E-state index contributed by atoms with van der Waals surface area (Å²) in [6.45, 7) is 2.90. The molecule has 2 fully saturated rings. The third-order valence-corrected chi connectivity index (χ3v) is 3.82. The summed E-state index contributed by atoms with van der Waals surface area (Å²) in [5.74, 6) is 0.966. The minimum Gasteiger partial charge on any atom is -0.383 e. The van der Waals surface area contributed by atoms with E-state index < -0.39 is 0 Å². The zero-order valence-electron chi connectivity index (χ0n) is 9.80. The maximum absolute atomic E-state index is 5.02. The average Bonchev–Trinajstić information content (AvgIpc) is 2.67. The molecule has 0 amide bonds. The molecule has 0 aromatic rings. The third-order valence-electron chi connectivity index (χ3n) is 3.82. The van der Waals surface area contributed by atoms with Crippen molar-refractivity contribution < 1.29 is 4.74 Å². The van der Waals surface area contributed by atoms with E-state index in [9.17, 15) is 0 Å².